The summed E-state index contributed by atoms with van der Waals surface area (Å²) < 4.78 is 1.42. The van der Waals surface area contributed by atoms with Gasteiger partial charge in [-0.3, -0.25) is 19.0 Å². The summed E-state index contributed by atoms with van der Waals surface area (Å²) in [5.74, 6) is -0.657. The minimum Gasteiger partial charge on any atom is -0.349 e. The molecule has 6 nitrogen and oxygen atoms in total. The largest absolute Gasteiger partial charge is 0.349 e. The van der Waals surface area contributed by atoms with Crippen LogP contribution < -0.4 is 16.2 Å². The number of nitrogens with one attached hydrogen (secondary N) is 2. The van der Waals surface area contributed by atoms with Gasteiger partial charge in [-0.15, -0.1) is 0 Å². The lowest BCUT2D eigenvalue weighted by molar-refractivity contribution is 0.0935. The van der Waals surface area contributed by atoms with E-state index < -0.39 is 0 Å². The number of nitrogens with zero attached hydrogens (tertiary/aromatic N) is 1. The molecule has 0 radical (unpaired) electrons. The molecule has 2 N–H and O–H groups in total. The van der Waals surface area contributed by atoms with E-state index in [9.17, 15) is 14.4 Å². The molecule has 7 heteroatoms. The fourth-order valence-electron chi connectivity index (χ4n) is 3.75. The van der Waals surface area contributed by atoms with Gasteiger partial charge in [0.15, 0.2) is 0 Å². The average molecular weight is 436 g/mol. The molecule has 0 aliphatic heterocycles. The third-order valence-electron chi connectivity index (χ3n) is 5.40. The van der Waals surface area contributed by atoms with Crippen LogP contribution in [0, 0.1) is 0 Å². The minimum atomic E-state index is -0.383. The highest BCUT2D eigenvalue weighted by molar-refractivity contribution is 6.34. The third kappa shape index (κ3) is 4.70. The predicted molar refractivity (Wildman–Crippen MR) is 121 cm³/mol. The lowest BCUT2D eigenvalue weighted by atomic mass is 10.2. The summed E-state index contributed by atoms with van der Waals surface area (Å²) in [5, 5.41) is 6.11. The zero-order chi connectivity index (χ0) is 21.8. The Morgan fingerprint density at radius 2 is 1.55 bits per heavy atom. The summed E-state index contributed by atoms with van der Waals surface area (Å²) in [6.45, 7) is 0. The van der Waals surface area contributed by atoms with Gasteiger partial charge in [0.25, 0.3) is 17.4 Å². The van der Waals surface area contributed by atoms with Crippen LogP contribution in [0.3, 0.4) is 0 Å². The number of anilines is 1. The van der Waals surface area contributed by atoms with Crippen LogP contribution in [0.25, 0.3) is 5.69 Å². The molecule has 0 bridgehead atoms. The van der Waals surface area contributed by atoms with Crippen LogP contribution in [0.15, 0.2) is 71.7 Å². The molecular weight excluding hydrogens is 414 g/mol. The summed E-state index contributed by atoms with van der Waals surface area (Å²) in [5.41, 5.74) is 1.27. The lowest BCUT2D eigenvalue weighted by Gasteiger charge is -2.13. The second-order valence-corrected chi connectivity index (χ2v) is 7.94. The maximum absolute atomic E-state index is 12.9. The molecule has 1 heterocycles. The van der Waals surface area contributed by atoms with Gasteiger partial charge < -0.3 is 10.6 Å². The van der Waals surface area contributed by atoms with Crippen LogP contribution in [0.5, 0.6) is 0 Å². The van der Waals surface area contributed by atoms with Crippen molar-refractivity contribution in [2.24, 2.45) is 0 Å². The second-order valence-electron chi connectivity index (χ2n) is 7.53. The van der Waals surface area contributed by atoms with Crippen molar-refractivity contribution in [2.45, 2.75) is 31.7 Å². The monoisotopic (exact) mass is 435 g/mol. The topological polar surface area (TPSA) is 80.2 Å². The van der Waals surface area contributed by atoms with Gasteiger partial charge in [-0.1, -0.05) is 36.6 Å². The van der Waals surface area contributed by atoms with Crippen LogP contribution >= 0.6 is 11.6 Å². The van der Waals surface area contributed by atoms with E-state index in [-0.39, 0.29) is 29.0 Å². The van der Waals surface area contributed by atoms with Crippen molar-refractivity contribution in [1.29, 1.82) is 0 Å². The van der Waals surface area contributed by atoms with E-state index in [1.54, 1.807) is 66.9 Å². The number of aromatic nitrogens is 1. The predicted octanol–water partition coefficient (Wildman–Crippen LogP) is 4.42. The van der Waals surface area contributed by atoms with Crippen molar-refractivity contribution in [2.75, 3.05) is 5.32 Å². The van der Waals surface area contributed by atoms with E-state index in [1.165, 1.54) is 4.57 Å². The second kappa shape index (κ2) is 9.18. The third-order valence-corrected chi connectivity index (χ3v) is 5.73. The van der Waals surface area contributed by atoms with Crippen LogP contribution in [-0.2, 0) is 0 Å². The van der Waals surface area contributed by atoms with Gasteiger partial charge in [-0.05, 0) is 61.4 Å². The molecule has 2 amide bonds. The number of pyridine rings is 1. The molecule has 2 aromatic carbocycles. The number of amides is 2. The van der Waals surface area contributed by atoms with E-state index in [4.69, 9.17) is 11.6 Å². The quantitative estimate of drug-likeness (QED) is 0.622. The summed E-state index contributed by atoms with van der Waals surface area (Å²) in [6, 6.07) is 17.0. The number of halogens is 1. The summed E-state index contributed by atoms with van der Waals surface area (Å²) in [6.07, 6.45) is 5.72. The Hall–Kier alpha value is -3.38. The van der Waals surface area contributed by atoms with Gasteiger partial charge >= 0.3 is 0 Å². The first-order chi connectivity index (χ1) is 15.0. The lowest BCUT2D eigenvalue weighted by Crippen LogP contribution is -2.37. The standard InChI is InChI=1S/C24H22ClN3O3/c25-21-10-4-3-8-19(21)22(29)27-17-11-13-18(14-12-17)28-15-5-9-20(24(28)31)23(30)26-16-6-1-2-7-16/h3-5,8-16H,1-2,6-7H2,(H,26,30)(H,27,29). The summed E-state index contributed by atoms with van der Waals surface area (Å²) >= 11 is 6.07. The van der Waals surface area contributed by atoms with Crippen LogP contribution in [0.1, 0.15) is 46.4 Å². The zero-order valence-electron chi connectivity index (χ0n) is 16.8. The normalized spacial score (nSPS) is 13.7. The van der Waals surface area contributed by atoms with Crippen molar-refractivity contribution in [3.63, 3.8) is 0 Å². The van der Waals surface area contributed by atoms with E-state index in [2.05, 4.69) is 10.6 Å². The van der Waals surface area contributed by atoms with E-state index in [0.717, 1.165) is 25.7 Å². The van der Waals surface area contributed by atoms with Gasteiger partial charge in [-0.2, -0.15) is 0 Å². The van der Waals surface area contributed by atoms with Gasteiger partial charge in [0.2, 0.25) is 0 Å². The Labute approximate surface area is 184 Å². The van der Waals surface area contributed by atoms with Crippen molar-refractivity contribution in [1.82, 2.24) is 9.88 Å². The summed E-state index contributed by atoms with van der Waals surface area (Å²) in [4.78, 5) is 37.9. The van der Waals surface area contributed by atoms with E-state index >= 15 is 0 Å². The number of hydrogen-bond donors (Lipinski definition) is 2. The molecule has 3 aromatic rings. The first-order valence-corrected chi connectivity index (χ1v) is 10.6. The number of carbonyl (C=O) groups is 2. The molecule has 1 aliphatic carbocycles. The average Bonchev–Trinajstić information content (AvgIpc) is 3.28. The number of benzene rings is 2. The fourth-order valence-corrected chi connectivity index (χ4v) is 3.97. The van der Waals surface area contributed by atoms with Gasteiger partial charge in [0, 0.05) is 23.6 Å². The molecule has 0 saturated heterocycles. The first kappa shape index (κ1) is 20.9. The molecule has 1 aromatic heterocycles. The fraction of sp³-hybridized carbons (Fsp3) is 0.208. The number of rotatable bonds is 5. The SMILES string of the molecule is O=C(Nc1ccc(-n2cccc(C(=O)NC3CCCC3)c2=O)cc1)c1ccccc1Cl. The van der Waals surface area contributed by atoms with Gasteiger partial charge in [0.05, 0.1) is 10.6 Å². The minimum absolute atomic E-state index is 0.116. The Kier molecular flexibility index (Phi) is 6.18. The Balaban J connectivity index is 1.51. The maximum Gasteiger partial charge on any atom is 0.267 e. The highest BCUT2D eigenvalue weighted by Gasteiger charge is 2.20. The number of carbonyl (C=O) groups excluding carboxylic acids is 2. The van der Waals surface area contributed by atoms with Crippen LogP contribution in [-0.4, -0.2) is 22.4 Å². The molecule has 0 atom stereocenters. The molecular formula is C24H22ClN3O3. The zero-order valence-corrected chi connectivity index (χ0v) is 17.6. The highest BCUT2D eigenvalue weighted by atomic mass is 35.5. The van der Waals surface area contributed by atoms with Crippen molar-refractivity contribution >= 4 is 29.1 Å². The van der Waals surface area contributed by atoms with Crippen molar-refractivity contribution in [3.8, 4) is 5.69 Å². The Morgan fingerprint density at radius 1 is 0.871 bits per heavy atom. The maximum atomic E-state index is 12.9. The van der Waals surface area contributed by atoms with E-state index in [0.29, 0.717) is 22.0 Å². The van der Waals surface area contributed by atoms with Crippen molar-refractivity contribution in [3.05, 3.63) is 93.4 Å². The Morgan fingerprint density at radius 3 is 2.26 bits per heavy atom. The molecule has 31 heavy (non-hydrogen) atoms. The van der Waals surface area contributed by atoms with Crippen molar-refractivity contribution < 1.29 is 9.59 Å². The first-order valence-electron chi connectivity index (χ1n) is 10.2. The Bertz CT molecular complexity index is 1170. The smallest absolute Gasteiger partial charge is 0.267 e. The molecule has 158 valence electrons. The van der Waals surface area contributed by atoms with Crippen LogP contribution in [0.4, 0.5) is 5.69 Å². The molecule has 0 unspecified atom stereocenters. The van der Waals surface area contributed by atoms with Gasteiger partial charge in [0.1, 0.15) is 5.56 Å². The molecule has 1 saturated carbocycles. The molecule has 1 fully saturated rings. The molecule has 1 aliphatic rings. The van der Waals surface area contributed by atoms with E-state index in [1.807, 2.05) is 0 Å². The van der Waals surface area contributed by atoms with Gasteiger partial charge in [-0.25, -0.2) is 0 Å². The molecule has 0 spiro atoms. The molecule has 4 rings (SSSR count). The highest BCUT2D eigenvalue weighted by Crippen LogP contribution is 2.19. The van der Waals surface area contributed by atoms with Crippen LogP contribution in [0.2, 0.25) is 5.02 Å². The number of hydrogen-bond acceptors (Lipinski definition) is 3. The summed E-state index contributed by atoms with van der Waals surface area (Å²) in [7, 11) is 0.